The summed E-state index contributed by atoms with van der Waals surface area (Å²) in [4.78, 5) is 14.7. The molecule has 1 aromatic rings. The zero-order chi connectivity index (χ0) is 12.1. The first-order valence-electron chi connectivity index (χ1n) is 7.27. The zero-order valence-corrected chi connectivity index (χ0v) is 10.7. The fourth-order valence-corrected chi connectivity index (χ4v) is 4.39. The predicted molar refractivity (Wildman–Crippen MR) is 70.8 cm³/mol. The highest BCUT2D eigenvalue weighted by molar-refractivity contribution is 5.18. The zero-order valence-electron chi connectivity index (χ0n) is 10.7. The first kappa shape index (κ1) is 10.8. The monoisotopic (exact) mass is 244 g/mol. The minimum Gasteiger partial charge on any atom is -0.312 e. The Hall–Kier alpha value is -1.09. The number of aromatic nitrogens is 1. The smallest absolute Gasteiger partial charge is 0.250 e. The van der Waals surface area contributed by atoms with E-state index < -0.39 is 0 Å². The van der Waals surface area contributed by atoms with Crippen LogP contribution in [0.3, 0.4) is 0 Å². The van der Waals surface area contributed by atoms with E-state index in [0.29, 0.717) is 11.8 Å². The maximum Gasteiger partial charge on any atom is 0.250 e. The third-order valence-electron chi connectivity index (χ3n) is 5.17. The SMILES string of the molecule is O=c1cccc2n1C[C@@H]1C[C@H]2CN2CCCC[C@@H]12. The maximum atomic E-state index is 12.0. The van der Waals surface area contributed by atoms with E-state index in [1.54, 1.807) is 6.07 Å². The standard InChI is InChI=1S/C15H20N2O/c18-15-6-3-5-14-11-8-12(10-17(14)15)13-4-1-2-7-16(13)9-11/h3,5-6,11-13H,1-2,4,7-10H2/t11-,12-,13-/m0/s1. The molecular formula is C15H20N2O. The van der Waals surface area contributed by atoms with Crippen molar-refractivity contribution in [2.75, 3.05) is 13.1 Å². The van der Waals surface area contributed by atoms with Crippen molar-refractivity contribution in [3.63, 3.8) is 0 Å². The lowest BCUT2D eigenvalue weighted by molar-refractivity contribution is 0.0248. The number of piperidine rings is 2. The van der Waals surface area contributed by atoms with Crippen molar-refractivity contribution >= 4 is 0 Å². The lowest BCUT2D eigenvalue weighted by Crippen LogP contribution is -2.54. The van der Waals surface area contributed by atoms with Crippen LogP contribution in [0.15, 0.2) is 23.0 Å². The molecule has 0 amide bonds. The van der Waals surface area contributed by atoms with Gasteiger partial charge in [-0.15, -0.1) is 0 Å². The largest absolute Gasteiger partial charge is 0.312 e. The molecule has 0 aliphatic carbocycles. The Balaban J connectivity index is 1.76. The summed E-state index contributed by atoms with van der Waals surface area (Å²) in [7, 11) is 0. The molecule has 96 valence electrons. The molecule has 2 bridgehead atoms. The van der Waals surface area contributed by atoms with Crippen molar-refractivity contribution < 1.29 is 0 Å². The number of hydrogen-bond acceptors (Lipinski definition) is 2. The van der Waals surface area contributed by atoms with Gasteiger partial charge in [0.1, 0.15) is 0 Å². The van der Waals surface area contributed by atoms with Gasteiger partial charge in [-0.1, -0.05) is 12.5 Å². The van der Waals surface area contributed by atoms with E-state index >= 15 is 0 Å². The number of nitrogens with zero attached hydrogens (tertiary/aromatic N) is 2. The van der Waals surface area contributed by atoms with Gasteiger partial charge in [0.15, 0.2) is 0 Å². The minimum absolute atomic E-state index is 0.200. The molecule has 0 aromatic carbocycles. The van der Waals surface area contributed by atoms with E-state index in [1.807, 2.05) is 10.6 Å². The molecule has 0 radical (unpaired) electrons. The molecule has 0 N–H and O–H groups in total. The van der Waals surface area contributed by atoms with Gasteiger partial charge >= 0.3 is 0 Å². The van der Waals surface area contributed by atoms with E-state index in [9.17, 15) is 4.79 Å². The Labute approximate surface area is 107 Å². The van der Waals surface area contributed by atoms with E-state index in [0.717, 1.165) is 12.6 Å². The summed E-state index contributed by atoms with van der Waals surface area (Å²) in [6, 6.07) is 6.54. The van der Waals surface area contributed by atoms with Gasteiger partial charge in [0.2, 0.25) is 0 Å². The van der Waals surface area contributed by atoms with E-state index in [2.05, 4.69) is 11.0 Å². The van der Waals surface area contributed by atoms with Crippen LogP contribution in [0.25, 0.3) is 0 Å². The summed E-state index contributed by atoms with van der Waals surface area (Å²) in [6.45, 7) is 3.39. The summed E-state index contributed by atoms with van der Waals surface area (Å²) >= 11 is 0. The van der Waals surface area contributed by atoms with Crippen molar-refractivity contribution in [2.24, 2.45) is 5.92 Å². The topological polar surface area (TPSA) is 25.2 Å². The lowest BCUT2D eigenvalue weighted by Gasteiger charge is -2.50. The fraction of sp³-hybridized carbons (Fsp3) is 0.667. The summed E-state index contributed by atoms with van der Waals surface area (Å²) in [5.41, 5.74) is 1.48. The number of pyridine rings is 1. The van der Waals surface area contributed by atoms with Gasteiger partial charge in [0.05, 0.1) is 0 Å². The fourth-order valence-electron chi connectivity index (χ4n) is 4.39. The Morgan fingerprint density at radius 1 is 1.17 bits per heavy atom. The lowest BCUT2D eigenvalue weighted by atomic mass is 9.75. The van der Waals surface area contributed by atoms with E-state index in [4.69, 9.17) is 0 Å². The van der Waals surface area contributed by atoms with Gasteiger partial charge in [0.25, 0.3) is 5.56 Å². The molecule has 0 spiro atoms. The molecule has 0 saturated carbocycles. The van der Waals surface area contributed by atoms with E-state index in [-0.39, 0.29) is 5.56 Å². The van der Waals surface area contributed by atoms with Crippen molar-refractivity contribution in [1.82, 2.24) is 9.47 Å². The maximum absolute atomic E-state index is 12.0. The van der Waals surface area contributed by atoms with Crippen molar-refractivity contribution in [3.8, 4) is 0 Å². The van der Waals surface area contributed by atoms with Crippen molar-refractivity contribution in [3.05, 3.63) is 34.2 Å². The molecule has 3 nitrogen and oxygen atoms in total. The second kappa shape index (κ2) is 3.95. The second-order valence-corrected chi connectivity index (χ2v) is 6.15. The highest BCUT2D eigenvalue weighted by Gasteiger charge is 2.41. The van der Waals surface area contributed by atoms with Gasteiger partial charge in [-0.05, 0) is 37.8 Å². The van der Waals surface area contributed by atoms with Crippen LogP contribution in [0.4, 0.5) is 0 Å². The van der Waals surface area contributed by atoms with Crippen molar-refractivity contribution in [1.29, 1.82) is 0 Å². The third-order valence-corrected chi connectivity index (χ3v) is 5.17. The van der Waals surface area contributed by atoms with Crippen LogP contribution in [0.1, 0.15) is 37.3 Å². The molecule has 3 aliphatic rings. The second-order valence-electron chi connectivity index (χ2n) is 6.15. The Kier molecular flexibility index (Phi) is 2.37. The predicted octanol–water partition coefficient (Wildman–Crippen LogP) is 1.82. The minimum atomic E-state index is 0.200. The Bertz CT molecular complexity index is 521. The summed E-state index contributed by atoms with van der Waals surface area (Å²) < 4.78 is 2.05. The third kappa shape index (κ3) is 1.50. The van der Waals surface area contributed by atoms with Gasteiger partial charge in [-0.2, -0.15) is 0 Å². The number of rotatable bonds is 0. The first-order chi connectivity index (χ1) is 8.83. The number of fused-ring (bicyclic) bond motifs is 6. The normalized spacial score (nSPS) is 34.8. The quantitative estimate of drug-likeness (QED) is 0.695. The molecule has 3 heteroatoms. The van der Waals surface area contributed by atoms with Crippen LogP contribution in [-0.4, -0.2) is 28.6 Å². The Morgan fingerprint density at radius 3 is 3.06 bits per heavy atom. The van der Waals surface area contributed by atoms with Crippen molar-refractivity contribution in [2.45, 2.75) is 44.2 Å². The van der Waals surface area contributed by atoms with Gasteiger partial charge in [-0.3, -0.25) is 9.69 Å². The molecule has 2 saturated heterocycles. The van der Waals surface area contributed by atoms with Crippen LogP contribution in [0, 0.1) is 5.92 Å². The molecule has 3 atom stereocenters. The first-order valence-corrected chi connectivity index (χ1v) is 7.27. The average molecular weight is 244 g/mol. The number of hydrogen-bond donors (Lipinski definition) is 0. The van der Waals surface area contributed by atoms with E-state index in [1.165, 1.54) is 44.5 Å². The highest BCUT2D eigenvalue weighted by Crippen LogP contribution is 2.41. The molecule has 4 rings (SSSR count). The molecule has 4 heterocycles. The molecule has 1 aromatic heterocycles. The molecule has 18 heavy (non-hydrogen) atoms. The van der Waals surface area contributed by atoms with Gasteiger partial charge in [0, 0.05) is 36.8 Å². The van der Waals surface area contributed by atoms with Crippen LogP contribution in [0.2, 0.25) is 0 Å². The summed E-state index contributed by atoms with van der Waals surface area (Å²) in [5.74, 6) is 1.30. The average Bonchev–Trinajstić information content (AvgIpc) is 2.40. The molecule has 3 aliphatic heterocycles. The Morgan fingerprint density at radius 2 is 2.11 bits per heavy atom. The summed E-state index contributed by atoms with van der Waals surface area (Å²) in [5, 5.41) is 0. The molecule has 2 fully saturated rings. The highest BCUT2D eigenvalue weighted by atomic mass is 16.1. The molecule has 0 unspecified atom stereocenters. The summed E-state index contributed by atoms with van der Waals surface area (Å²) in [6.07, 6.45) is 5.37. The van der Waals surface area contributed by atoms with Crippen LogP contribution < -0.4 is 5.56 Å². The van der Waals surface area contributed by atoms with Crippen LogP contribution >= 0.6 is 0 Å². The van der Waals surface area contributed by atoms with Crippen LogP contribution in [0.5, 0.6) is 0 Å². The van der Waals surface area contributed by atoms with Crippen LogP contribution in [-0.2, 0) is 6.54 Å². The van der Waals surface area contributed by atoms with Gasteiger partial charge < -0.3 is 4.57 Å². The molecular weight excluding hydrogens is 224 g/mol. The van der Waals surface area contributed by atoms with Gasteiger partial charge in [-0.25, -0.2) is 0 Å².